The Labute approximate surface area is 143 Å². The average molecular weight is 382 g/mol. The van der Waals surface area contributed by atoms with Crippen LogP contribution in [0.25, 0.3) is 0 Å². The number of imidazole rings is 1. The van der Waals surface area contributed by atoms with E-state index < -0.39 is 0 Å². The molecule has 1 aliphatic heterocycles. The van der Waals surface area contributed by atoms with Crippen molar-refractivity contribution in [2.24, 2.45) is 5.10 Å². The van der Waals surface area contributed by atoms with Gasteiger partial charge in [0, 0.05) is 35.5 Å². The van der Waals surface area contributed by atoms with Crippen LogP contribution >= 0.6 is 27.5 Å². The third kappa shape index (κ3) is 3.70. The van der Waals surface area contributed by atoms with Crippen molar-refractivity contribution in [1.82, 2.24) is 14.6 Å². The number of aromatic nitrogens is 2. The molecule has 1 saturated heterocycles. The van der Waals surface area contributed by atoms with Crippen molar-refractivity contribution in [2.45, 2.75) is 25.7 Å². The van der Waals surface area contributed by atoms with Crippen LogP contribution in [0.5, 0.6) is 0 Å². The number of nitrogens with zero attached hydrogens (tertiary/aromatic N) is 4. The SMILES string of the molecule is Clc1ccc(Br)cc1C(=NN1CCCCCC1)n1ccnc1. The first-order chi connectivity index (χ1) is 10.7. The Morgan fingerprint density at radius 2 is 1.95 bits per heavy atom. The molecule has 0 amide bonds. The summed E-state index contributed by atoms with van der Waals surface area (Å²) in [5.41, 5.74) is 0.901. The molecule has 0 unspecified atom stereocenters. The van der Waals surface area contributed by atoms with E-state index in [1.54, 1.807) is 12.5 Å². The molecule has 1 aromatic heterocycles. The van der Waals surface area contributed by atoms with E-state index in [9.17, 15) is 0 Å². The third-order valence-electron chi connectivity index (χ3n) is 3.74. The summed E-state index contributed by atoms with van der Waals surface area (Å²) in [5, 5.41) is 7.72. The molecule has 1 fully saturated rings. The van der Waals surface area contributed by atoms with Gasteiger partial charge in [-0.2, -0.15) is 5.10 Å². The van der Waals surface area contributed by atoms with Crippen LogP contribution in [0.4, 0.5) is 0 Å². The fourth-order valence-corrected chi connectivity index (χ4v) is 3.15. The van der Waals surface area contributed by atoms with Crippen LogP contribution in [0.1, 0.15) is 31.2 Å². The zero-order valence-electron chi connectivity index (χ0n) is 12.3. The molecule has 3 rings (SSSR count). The molecule has 0 spiro atoms. The minimum Gasteiger partial charge on any atom is -0.295 e. The topological polar surface area (TPSA) is 33.4 Å². The highest BCUT2D eigenvalue weighted by Crippen LogP contribution is 2.23. The molecule has 1 aliphatic rings. The van der Waals surface area contributed by atoms with Gasteiger partial charge in [0.2, 0.25) is 0 Å². The summed E-state index contributed by atoms with van der Waals surface area (Å²) < 4.78 is 2.90. The van der Waals surface area contributed by atoms with E-state index in [2.05, 4.69) is 25.9 Å². The highest BCUT2D eigenvalue weighted by Gasteiger charge is 2.14. The lowest BCUT2D eigenvalue weighted by Crippen LogP contribution is -2.24. The molecule has 0 N–H and O–H groups in total. The average Bonchev–Trinajstić information content (AvgIpc) is 2.92. The van der Waals surface area contributed by atoms with Crippen molar-refractivity contribution >= 4 is 33.4 Å². The van der Waals surface area contributed by atoms with Crippen LogP contribution in [0.2, 0.25) is 5.02 Å². The summed E-state index contributed by atoms with van der Waals surface area (Å²) in [7, 11) is 0. The molecule has 0 bridgehead atoms. The van der Waals surface area contributed by atoms with E-state index in [0.29, 0.717) is 5.02 Å². The third-order valence-corrected chi connectivity index (χ3v) is 4.56. The highest BCUT2D eigenvalue weighted by atomic mass is 79.9. The fourth-order valence-electron chi connectivity index (χ4n) is 2.59. The van der Waals surface area contributed by atoms with Crippen molar-refractivity contribution in [3.63, 3.8) is 0 Å². The fraction of sp³-hybridized carbons (Fsp3) is 0.375. The van der Waals surface area contributed by atoms with Crippen molar-refractivity contribution in [1.29, 1.82) is 0 Å². The van der Waals surface area contributed by atoms with Crippen LogP contribution in [0.3, 0.4) is 0 Å². The van der Waals surface area contributed by atoms with E-state index in [1.165, 1.54) is 25.7 Å². The van der Waals surface area contributed by atoms with Gasteiger partial charge in [-0.05, 0) is 31.0 Å². The maximum absolute atomic E-state index is 6.40. The van der Waals surface area contributed by atoms with Gasteiger partial charge in [0.15, 0.2) is 5.84 Å². The summed E-state index contributed by atoms with van der Waals surface area (Å²) in [6.07, 6.45) is 10.3. The predicted molar refractivity (Wildman–Crippen MR) is 93.4 cm³/mol. The molecule has 0 radical (unpaired) electrons. The van der Waals surface area contributed by atoms with Gasteiger partial charge >= 0.3 is 0 Å². The summed E-state index contributed by atoms with van der Waals surface area (Å²) in [5.74, 6) is 0.811. The van der Waals surface area contributed by atoms with E-state index >= 15 is 0 Å². The van der Waals surface area contributed by atoms with Gasteiger partial charge < -0.3 is 0 Å². The molecular formula is C16H18BrClN4. The Balaban J connectivity index is 2.02. The predicted octanol–water partition coefficient (Wildman–Crippen LogP) is 4.38. The van der Waals surface area contributed by atoms with E-state index in [4.69, 9.17) is 16.7 Å². The van der Waals surface area contributed by atoms with E-state index in [0.717, 1.165) is 29.0 Å². The molecule has 6 heteroatoms. The lowest BCUT2D eigenvalue weighted by Gasteiger charge is -2.19. The molecule has 0 saturated carbocycles. The van der Waals surface area contributed by atoms with Gasteiger partial charge in [0.25, 0.3) is 0 Å². The highest BCUT2D eigenvalue weighted by molar-refractivity contribution is 9.10. The monoisotopic (exact) mass is 380 g/mol. The standard InChI is InChI=1S/C16H18BrClN4/c17-13-5-6-15(18)14(11-13)16(21-10-7-19-12-21)20-22-8-3-1-2-4-9-22/h5-7,10-12H,1-4,8-9H2. The molecule has 0 aliphatic carbocycles. The van der Waals surface area contributed by atoms with E-state index in [1.807, 2.05) is 29.0 Å². The largest absolute Gasteiger partial charge is 0.295 e. The maximum Gasteiger partial charge on any atom is 0.166 e. The summed E-state index contributed by atoms with van der Waals surface area (Å²) in [4.78, 5) is 4.14. The Morgan fingerprint density at radius 3 is 2.64 bits per heavy atom. The second-order valence-electron chi connectivity index (χ2n) is 5.39. The van der Waals surface area contributed by atoms with Crippen LogP contribution in [0.15, 0.2) is 46.5 Å². The number of benzene rings is 1. The molecule has 2 heterocycles. The van der Waals surface area contributed by atoms with Crippen LogP contribution < -0.4 is 0 Å². The van der Waals surface area contributed by atoms with Gasteiger partial charge in [0.05, 0.1) is 5.02 Å². The van der Waals surface area contributed by atoms with E-state index in [-0.39, 0.29) is 0 Å². The first-order valence-corrected chi connectivity index (χ1v) is 8.68. The summed E-state index contributed by atoms with van der Waals surface area (Å²) in [6.45, 7) is 1.98. The second kappa shape index (κ2) is 7.29. The Morgan fingerprint density at radius 1 is 1.18 bits per heavy atom. The van der Waals surface area contributed by atoms with Gasteiger partial charge in [-0.25, -0.2) is 4.98 Å². The zero-order valence-corrected chi connectivity index (χ0v) is 14.6. The number of halogens is 2. The molecular weight excluding hydrogens is 364 g/mol. The molecule has 0 atom stereocenters. The molecule has 116 valence electrons. The normalized spacial score (nSPS) is 16.6. The van der Waals surface area contributed by atoms with Crippen molar-refractivity contribution in [3.05, 3.63) is 52.0 Å². The van der Waals surface area contributed by atoms with Gasteiger partial charge in [-0.1, -0.05) is 40.4 Å². The van der Waals surface area contributed by atoms with Crippen molar-refractivity contribution in [2.75, 3.05) is 13.1 Å². The van der Waals surface area contributed by atoms with Crippen LogP contribution in [0, 0.1) is 0 Å². The molecule has 4 nitrogen and oxygen atoms in total. The Kier molecular flexibility index (Phi) is 5.16. The number of hydrazone groups is 1. The molecule has 1 aromatic carbocycles. The molecule has 2 aromatic rings. The zero-order chi connectivity index (χ0) is 15.4. The second-order valence-corrected chi connectivity index (χ2v) is 6.71. The Bertz CT molecular complexity index is 646. The number of rotatable bonds is 2. The van der Waals surface area contributed by atoms with Gasteiger partial charge in [-0.3, -0.25) is 9.58 Å². The number of hydrogen-bond donors (Lipinski definition) is 0. The van der Waals surface area contributed by atoms with Crippen molar-refractivity contribution in [3.8, 4) is 0 Å². The minimum absolute atomic E-state index is 0.686. The first kappa shape index (κ1) is 15.6. The lowest BCUT2D eigenvalue weighted by molar-refractivity contribution is 0.300. The number of hydrogen-bond acceptors (Lipinski definition) is 3. The minimum atomic E-state index is 0.686. The van der Waals surface area contributed by atoms with Gasteiger partial charge in [-0.15, -0.1) is 0 Å². The lowest BCUT2D eigenvalue weighted by atomic mass is 10.2. The summed E-state index contributed by atoms with van der Waals surface area (Å²) in [6, 6.07) is 5.82. The molecule has 22 heavy (non-hydrogen) atoms. The van der Waals surface area contributed by atoms with Crippen molar-refractivity contribution < 1.29 is 0 Å². The summed E-state index contributed by atoms with van der Waals surface area (Å²) >= 11 is 9.92. The maximum atomic E-state index is 6.40. The smallest absolute Gasteiger partial charge is 0.166 e. The van der Waals surface area contributed by atoms with Crippen LogP contribution in [-0.4, -0.2) is 33.5 Å². The van der Waals surface area contributed by atoms with Gasteiger partial charge in [0.1, 0.15) is 6.33 Å². The first-order valence-electron chi connectivity index (χ1n) is 7.51. The Hall–Kier alpha value is -1.33. The van der Waals surface area contributed by atoms with Crippen LogP contribution in [-0.2, 0) is 0 Å². The quantitative estimate of drug-likeness (QED) is 0.571.